The van der Waals surface area contributed by atoms with Crippen molar-refractivity contribution in [1.29, 1.82) is 0 Å². The molecule has 2 aliphatic rings. The van der Waals surface area contributed by atoms with Gasteiger partial charge < -0.3 is 19.7 Å². The molecule has 0 spiro atoms. The summed E-state index contributed by atoms with van der Waals surface area (Å²) in [7, 11) is 1.38. The Hall–Kier alpha value is -2.42. The number of ether oxygens (including phenoxy) is 2. The topological polar surface area (TPSA) is 89.5 Å². The lowest BCUT2D eigenvalue weighted by Gasteiger charge is -2.37. The van der Waals surface area contributed by atoms with Crippen LogP contribution in [0.4, 0.5) is 10.6 Å². The van der Waals surface area contributed by atoms with Crippen molar-refractivity contribution >= 4 is 23.2 Å². The monoisotopic (exact) mass is 403 g/mol. The summed E-state index contributed by atoms with van der Waals surface area (Å²) in [5, 5.41) is 6.31. The molecule has 0 atom stereocenters. The smallest absolute Gasteiger partial charge is 0.409 e. The van der Waals surface area contributed by atoms with Crippen LogP contribution < -0.4 is 10.1 Å². The molecule has 1 saturated carbocycles. The van der Waals surface area contributed by atoms with E-state index in [-0.39, 0.29) is 12.2 Å². The maximum Gasteiger partial charge on any atom is 0.409 e. The van der Waals surface area contributed by atoms with Crippen molar-refractivity contribution in [3.63, 3.8) is 0 Å². The van der Waals surface area contributed by atoms with Gasteiger partial charge in [-0.1, -0.05) is 19.3 Å². The molecule has 4 rings (SSSR count). The fourth-order valence-corrected chi connectivity index (χ4v) is 4.26. The molecule has 2 aromatic heterocycles. The number of rotatable bonds is 5. The maximum atomic E-state index is 11.5. The normalized spacial score (nSPS) is 17.9. The van der Waals surface area contributed by atoms with E-state index in [0.29, 0.717) is 30.8 Å². The van der Waals surface area contributed by atoms with Gasteiger partial charge in [0, 0.05) is 23.2 Å². The molecule has 28 heavy (non-hydrogen) atoms. The van der Waals surface area contributed by atoms with Crippen LogP contribution >= 0.6 is 11.3 Å². The average Bonchev–Trinajstić information content (AvgIpc) is 3.11. The number of nitrogens with zero attached hydrogens (tertiary/aromatic N) is 4. The van der Waals surface area contributed by atoms with Crippen LogP contribution in [0.2, 0.25) is 0 Å². The van der Waals surface area contributed by atoms with Crippen molar-refractivity contribution in [3.05, 3.63) is 17.1 Å². The van der Waals surface area contributed by atoms with Gasteiger partial charge in [0.1, 0.15) is 11.9 Å². The van der Waals surface area contributed by atoms with Crippen molar-refractivity contribution < 1.29 is 14.3 Å². The average molecular weight is 404 g/mol. The number of thiazole rings is 1. The quantitative estimate of drug-likeness (QED) is 0.817. The van der Waals surface area contributed by atoms with Gasteiger partial charge in [-0.05, 0) is 19.8 Å². The van der Waals surface area contributed by atoms with Crippen molar-refractivity contribution in [3.8, 4) is 16.7 Å². The van der Waals surface area contributed by atoms with Crippen LogP contribution in [0.1, 0.15) is 37.8 Å². The van der Waals surface area contributed by atoms with Crippen LogP contribution in [-0.4, -0.2) is 58.3 Å². The van der Waals surface area contributed by atoms with Crippen molar-refractivity contribution in [2.75, 3.05) is 25.5 Å². The zero-order chi connectivity index (χ0) is 19.5. The number of methoxy groups -OCH3 is 1. The molecule has 150 valence electrons. The summed E-state index contributed by atoms with van der Waals surface area (Å²) in [4.78, 5) is 26.9. The molecule has 2 aromatic rings. The highest BCUT2D eigenvalue weighted by atomic mass is 32.1. The number of likely N-dealkylation sites (tertiary alicyclic amines) is 1. The van der Waals surface area contributed by atoms with E-state index in [1.165, 1.54) is 37.7 Å². The Morgan fingerprint density at radius 1 is 1.21 bits per heavy atom. The Balaban J connectivity index is 1.51. The Morgan fingerprint density at radius 2 is 2.00 bits per heavy atom. The number of aryl methyl sites for hydroxylation is 1. The van der Waals surface area contributed by atoms with Crippen molar-refractivity contribution in [2.24, 2.45) is 0 Å². The number of hydrogen-bond donors (Lipinski definition) is 1. The number of hydrogen-bond acceptors (Lipinski definition) is 8. The van der Waals surface area contributed by atoms with Gasteiger partial charge in [-0.2, -0.15) is 4.98 Å². The number of carbonyl (C=O) groups excluding carboxylic acids is 1. The highest BCUT2D eigenvalue weighted by molar-refractivity contribution is 7.13. The first-order chi connectivity index (χ1) is 13.6. The molecule has 0 unspecified atom stereocenters. The Kier molecular flexibility index (Phi) is 5.61. The lowest BCUT2D eigenvalue weighted by Crippen LogP contribution is -2.56. The number of anilines is 1. The van der Waals surface area contributed by atoms with Gasteiger partial charge >= 0.3 is 6.09 Å². The Morgan fingerprint density at radius 3 is 2.68 bits per heavy atom. The zero-order valence-electron chi connectivity index (χ0n) is 16.2. The van der Waals surface area contributed by atoms with Gasteiger partial charge in [-0.15, -0.1) is 11.3 Å². The summed E-state index contributed by atoms with van der Waals surface area (Å²) in [6, 6.07) is 2.28. The number of amides is 1. The highest BCUT2D eigenvalue weighted by Gasteiger charge is 2.33. The summed E-state index contributed by atoms with van der Waals surface area (Å²) in [6.45, 7) is 2.94. The Labute approximate surface area is 168 Å². The summed E-state index contributed by atoms with van der Waals surface area (Å²) in [5.74, 6) is 1.84. The minimum Gasteiger partial charge on any atom is -0.470 e. The summed E-state index contributed by atoms with van der Waals surface area (Å²) >= 11 is 1.52. The lowest BCUT2D eigenvalue weighted by atomic mass is 9.95. The van der Waals surface area contributed by atoms with Crippen LogP contribution in [0.15, 0.2) is 11.4 Å². The predicted octanol–water partition coefficient (Wildman–Crippen LogP) is 3.48. The van der Waals surface area contributed by atoms with Gasteiger partial charge in [-0.25, -0.2) is 14.8 Å². The summed E-state index contributed by atoms with van der Waals surface area (Å²) in [6.07, 6.45) is 5.68. The molecule has 1 aliphatic heterocycles. The van der Waals surface area contributed by atoms with E-state index in [0.717, 1.165) is 29.4 Å². The van der Waals surface area contributed by atoms with Crippen LogP contribution in [0.3, 0.4) is 0 Å². The van der Waals surface area contributed by atoms with Crippen LogP contribution in [0, 0.1) is 6.92 Å². The van der Waals surface area contributed by atoms with Gasteiger partial charge in [-0.3, -0.25) is 0 Å². The zero-order valence-corrected chi connectivity index (χ0v) is 17.0. The molecule has 1 amide bonds. The number of aromatic nitrogens is 3. The first kappa shape index (κ1) is 18.9. The van der Waals surface area contributed by atoms with E-state index in [9.17, 15) is 4.79 Å². The maximum absolute atomic E-state index is 11.5. The number of nitrogens with one attached hydrogen (secondary N) is 1. The molecule has 0 bridgehead atoms. The molecule has 9 heteroatoms. The molecule has 1 saturated heterocycles. The van der Waals surface area contributed by atoms with E-state index < -0.39 is 0 Å². The third-order valence-electron chi connectivity index (χ3n) is 5.04. The highest BCUT2D eigenvalue weighted by Crippen LogP contribution is 2.28. The second-order valence-electron chi connectivity index (χ2n) is 7.30. The van der Waals surface area contributed by atoms with Crippen LogP contribution in [-0.2, 0) is 4.74 Å². The second kappa shape index (κ2) is 8.30. The largest absolute Gasteiger partial charge is 0.470 e. The SMILES string of the molecule is COC(=O)N1CC(Oc2cc(NC3CCCCC3)nc(-c3nc(C)cs3)n2)C1. The number of carbonyl (C=O) groups is 1. The van der Waals surface area contributed by atoms with E-state index in [1.54, 1.807) is 4.90 Å². The van der Waals surface area contributed by atoms with E-state index in [4.69, 9.17) is 9.47 Å². The van der Waals surface area contributed by atoms with E-state index in [1.807, 2.05) is 18.4 Å². The fourth-order valence-electron chi connectivity index (χ4n) is 3.53. The predicted molar refractivity (Wildman–Crippen MR) is 107 cm³/mol. The first-order valence-electron chi connectivity index (χ1n) is 9.68. The molecular formula is C19H25N5O3S. The molecule has 3 heterocycles. The van der Waals surface area contributed by atoms with Crippen molar-refractivity contribution in [1.82, 2.24) is 19.9 Å². The molecule has 1 N–H and O–H groups in total. The molecule has 0 radical (unpaired) electrons. The standard InChI is InChI=1S/C19H25N5O3S/c1-12-11-28-18(20-12)17-22-15(21-13-6-4-3-5-7-13)8-16(23-17)27-14-9-24(10-14)19(25)26-2/h8,11,13-14H,3-7,9-10H2,1-2H3,(H,21,22,23). The van der Waals surface area contributed by atoms with Crippen LogP contribution in [0.5, 0.6) is 5.88 Å². The minimum atomic E-state index is -0.332. The van der Waals surface area contributed by atoms with Gasteiger partial charge in [0.2, 0.25) is 5.88 Å². The molecule has 2 fully saturated rings. The molecule has 8 nitrogen and oxygen atoms in total. The van der Waals surface area contributed by atoms with E-state index in [2.05, 4.69) is 20.3 Å². The minimum absolute atomic E-state index is 0.0950. The lowest BCUT2D eigenvalue weighted by molar-refractivity contribution is 0.0161. The van der Waals surface area contributed by atoms with E-state index >= 15 is 0 Å². The summed E-state index contributed by atoms with van der Waals surface area (Å²) in [5.41, 5.74) is 0.949. The molecule has 1 aliphatic carbocycles. The Bertz CT molecular complexity index is 831. The first-order valence-corrected chi connectivity index (χ1v) is 10.6. The second-order valence-corrected chi connectivity index (χ2v) is 8.16. The third-order valence-corrected chi connectivity index (χ3v) is 5.99. The molecule has 0 aromatic carbocycles. The van der Waals surface area contributed by atoms with Gasteiger partial charge in [0.25, 0.3) is 0 Å². The third kappa shape index (κ3) is 4.35. The fraction of sp³-hybridized carbons (Fsp3) is 0.579. The van der Waals surface area contributed by atoms with Crippen molar-refractivity contribution in [2.45, 2.75) is 51.2 Å². The summed E-state index contributed by atoms with van der Waals surface area (Å²) < 4.78 is 10.7. The van der Waals surface area contributed by atoms with Gasteiger partial charge in [0.15, 0.2) is 10.8 Å². The molecular weight excluding hydrogens is 378 g/mol. The van der Waals surface area contributed by atoms with Gasteiger partial charge in [0.05, 0.1) is 20.2 Å². The van der Waals surface area contributed by atoms with Crippen LogP contribution in [0.25, 0.3) is 10.8 Å².